The molecule has 2 heteroatoms. The Morgan fingerprint density at radius 1 is 1.00 bits per heavy atom. The third kappa shape index (κ3) is 4.09. The van der Waals surface area contributed by atoms with Gasteiger partial charge < -0.3 is 4.74 Å². The van der Waals surface area contributed by atoms with Crippen LogP contribution in [0.25, 0.3) is 0 Å². The fourth-order valence-corrected chi connectivity index (χ4v) is 1.99. The van der Waals surface area contributed by atoms with Crippen LogP contribution in [0.2, 0.25) is 0 Å². The van der Waals surface area contributed by atoms with Crippen molar-refractivity contribution in [3.63, 3.8) is 0 Å². The number of rotatable bonds is 8. The minimum atomic E-state index is -0.301. The van der Waals surface area contributed by atoms with Gasteiger partial charge in [-0.15, -0.1) is 0 Å². The van der Waals surface area contributed by atoms with Gasteiger partial charge in [0.15, 0.2) is 5.78 Å². The Morgan fingerprint density at radius 2 is 1.41 bits per heavy atom. The van der Waals surface area contributed by atoms with Crippen molar-refractivity contribution in [2.45, 2.75) is 85.9 Å². The van der Waals surface area contributed by atoms with E-state index in [2.05, 4.69) is 34.6 Å². The second-order valence-corrected chi connectivity index (χ2v) is 5.55. The molecule has 0 heterocycles. The van der Waals surface area contributed by atoms with E-state index in [0.29, 0.717) is 0 Å². The van der Waals surface area contributed by atoms with Gasteiger partial charge in [0, 0.05) is 5.41 Å². The van der Waals surface area contributed by atoms with E-state index < -0.39 is 0 Å². The van der Waals surface area contributed by atoms with E-state index in [1.807, 2.05) is 13.8 Å². The lowest BCUT2D eigenvalue weighted by Gasteiger charge is -2.34. The van der Waals surface area contributed by atoms with Crippen LogP contribution in [0.15, 0.2) is 0 Å². The summed E-state index contributed by atoms with van der Waals surface area (Å²) in [6.45, 7) is 14.4. The molecular weight excluding hydrogens is 212 g/mol. The van der Waals surface area contributed by atoms with Gasteiger partial charge in [-0.2, -0.15) is 0 Å². The highest BCUT2D eigenvalue weighted by atomic mass is 16.5. The Bertz CT molecular complexity index is 237. The van der Waals surface area contributed by atoms with E-state index in [4.69, 9.17) is 4.74 Å². The summed E-state index contributed by atoms with van der Waals surface area (Å²) in [6.07, 6.45) is 3.34. The third-order valence-corrected chi connectivity index (χ3v) is 4.48. The Morgan fingerprint density at radius 3 is 1.71 bits per heavy atom. The summed E-state index contributed by atoms with van der Waals surface area (Å²) in [6, 6.07) is 0. The quantitative estimate of drug-likeness (QED) is 0.632. The molecule has 1 atom stereocenters. The van der Waals surface area contributed by atoms with E-state index in [0.717, 1.165) is 25.7 Å². The molecule has 0 aliphatic rings. The van der Waals surface area contributed by atoms with Crippen molar-refractivity contribution < 1.29 is 9.53 Å². The molecule has 102 valence electrons. The normalized spacial score (nSPS) is 14.8. The van der Waals surface area contributed by atoms with Crippen LogP contribution in [0.4, 0.5) is 0 Å². The van der Waals surface area contributed by atoms with Crippen LogP contribution in [0.3, 0.4) is 0 Å². The van der Waals surface area contributed by atoms with Crippen LogP contribution >= 0.6 is 0 Å². The number of ether oxygens (including phenoxy) is 1. The molecular formula is C15H30O2. The maximum atomic E-state index is 12.4. The van der Waals surface area contributed by atoms with Crippen LogP contribution in [-0.2, 0) is 9.53 Å². The molecule has 0 aromatic carbocycles. The standard InChI is InChI=1S/C15H30O2/c1-8-14(6,9-2)13(16)12(5)17-15(7,10-3)11-4/h12H,8-11H2,1-7H3. The average molecular weight is 242 g/mol. The number of Topliss-reactive ketones (excluding diaryl/α,β-unsaturated/α-hetero) is 1. The lowest BCUT2D eigenvalue weighted by atomic mass is 9.78. The van der Waals surface area contributed by atoms with Crippen LogP contribution in [0.5, 0.6) is 0 Å². The molecule has 0 rings (SSSR count). The molecule has 17 heavy (non-hydrogen) atoms. The molecule has 0 aromatic rings. The van der Waals surface area contributed by atoms with Crippen molar-refractivity contribution in [2.75, 3.05) is 0 Å². The topological polar surface area (TPSA) is 26.3 Å². The van der Waals surface area contributed by atoms with Gasteiger partial charge >= 0.3 is 0 Å². The van der Waals surface area contributed by atoms with E-state index in [9.17, 15) is 4.79 Å². The maximum absolute atomic E-state index is 12.4. The summed E-state index contributed by atoms with van der Waals surface area (Å²) in [4.78, 5) is 12.4. The van der Waals surface area contributed by atoms with E-state index >= 15 is 0 Å². The lowest BCUT2D eigenvalue weighted by molar-refractivity contribution is -0.152. The molecule has 0 fully saturated rings. The Hall–Kier alpha value is -0.370. The molecule has 2 nitrogen and oxygen atoms in total. The molecule has 0 saturated heterocycles. The van der Waals surface area contributed by atoms with Crippen LogP contribution in [0, 0.1) is 5.41 Å². The predicted octanol–water partition coefficient (Wildman–Crippen LogP) is 4.37. The smallest absolute Gasteiger partial charge is 0.167 e. The molecule has 0 amide bonds. The van der Waals surface area contributed by atoms with Crippen molar-refractivity contribution in [1.29, 1.82) is 0 Å². The van der Waals surface area contributed by atoms with Crippen LogP contribution in [0.1, 0.15) is 74.1 Å². The highest BCUT2D eigenvalue weighted by Crippen LogP contribution is 2.31. The van der Waals surface area contributed by atoms with E-state index in [1.165, 1.54) is 0 Å². The number of ketones is 1. The van der Waals surface area contributed by atoms with Crippen molar-refractivity contribution in [3.05, 3.63) is 0 Å². The molecule has 0 aromatic heterocycles. The highest BCUT2D eigenvalue weighted by Gasteiger charge is 2.36. The first-order valence-corrected chi connectivity index (χ1v) is 7.00. The number of carbonyl (C=O) groups excluding carboxylic acids is 1. The SMILES string of the molecule is CCC(C)(CC)OC(C)C(=O)C(C)(CC)CC. The summed E-state index contributed by atoms with van der Waals surface area (Å²) in [5.41, 5.74) is -0.403. The van der Waals surface area contributed by atoms with Gasteiger partial charge in [0.25, 0.3) is 0 Å². The summed E-state index contributed by atoms with van der Waals surface area (Å²) in [5.74, 6) is 0.246. The van der Waals surface area contributed by atoms with Gasteiger partial charge in [-0.1, -0.05) is 34.6 Å². The number of hydrogen-bond donors (Lipinski definition) is 0. The number of hydrogen-bond acceptors (Lipinski definition) is 2. The zero-order valence-corrected chi connectivity index (χ0v) is 12.7. The monoisotopic (exact) mass is 242 g/mol. The zero-order chi connectivity index (χ0) is 13.7. The minimum Gasteiger partial charge on any atom is -0.365 e. The van der Waals surface area contributed by atoms with Crippen molar-refractivity contribution in [1.82, 2.24) is 0 Å². The lowest BCUT2D eigenvalue weighted by Crippen LogP contribution is -2.41. The first-order chi connectivity index (χ1) is 7.78. The van der Waals surface area contributed by atoms with Crippen LogP contribution < -0.4 is 0 Å². The average Bonchev–Trinajstić information content (AvgIpc) is 2.36. The van der Waals surface area contributed by atoms with Gasteiger partial charge in [0.1, 0.15) is 6.10 Å². The minimum absolute atomic E-state index is 0.169. The molecule has 1 unspecified atom stereocenters. The van der Waals surface area contributed by atoms with Gasteiger partial charge in [-0.25, -0.2) is 0 Å². The molecule has 0 radical (unpaired) electrons. The summed E-state index contributed by atoms with van der Waals surface area (Å²) in [5, 5.41) is 0. The van der Waals surface area contributed by atoms with E-state index in [1.54, 1.807) is 0 Å². The maximum Gasteiger partial charge on any atom is 0.167 e. The molecule has 0 aliphatic carbocycles. The van der Waals surface area contributed by atoms with Gasteiger partial charge in [0.05, 0.1) is 5.60 Å². The van der Waals surface area contributed by atoms with Gasteiger partial charge in [-0.05, 0) is 39.5 Å². The molecule has 0 saturated carbocycles. The van der Waals surface area contributed by atoms with Crippen molar-refractivity contribution in [2.24, 2.45) is 5.41 Å². The van der Waals surface area contributed by atoms with Crippen molar-refractivity contribution in [3.8, 4) is 0 Å². The molecule has 0 bridgehead atoms. The predicted molar refractivity (Wildman–Crippen MR) is 73.2 cm³/mol. The second-order valence-electron chi connectivity index (χ2n) is 5.55. The zero-order valence-electron chi connectivity index (χ0n) is 12.7. The Labute approximate surface area is 107 Å². The fourth-order valence-electron chi connectivity index (χ4n) is 1.99. The molecule has 0 spiro atoms. The third-order valence-electron chi connectivity index (χ3n) is 4.48. The molecule has 0 aliphatic heterocycles. The van der Waals surface area contributed by atoms with E-state index in [-0.39, 0.29) is 22.9 Å². The number of carbonyl (C=O) groups is 1. The summed E-state index contributed by atoms with van der Waals surface area (Å²) in [7, 11) is 0. The van der Waals surface area contributed by atoms with Crippen LogP contribution in [-0.4, -0.2) is 17.5 Å². The van der Waals surface area contributed by atoms with Gasteiger partial charge in [-0.3, -0.25) is 4.79 Å². The molecule has 0 N–H and O–H groups in total. The summed E-state index contributed by atoms with van der Waals surface area (Å²) < 4.78 is 6.00. The van der Waals surface area contributed by atoms with Gasteiger partial charge in [0.2, 0.25) is 0 Å². The second kappa shape index (κ2) is 6.53. The largest absolute Gasteiger partial charge is 0.365 e. The first kappa shape index (κ1) is 16.6. The Balaban J connectivity index is 4.72. The highest BCUT2D eigenvalue weighted by molar-refractivity contribution is 5.88. The Kier molecular flexibility index (Phi) is 6.39. The first-order valence-electron chi connectivity index (χ1n) is 7.00. The van der Waals surface area contributed by atoms with Crippen molar-refractivity contribution >= 4 is 5.78 Å². The summed E-state index contributed by atoms with van der Waals surface area (Å²) >= 11 is 0. The fraction of sp³-hybridized carbons (Fsp3) is 0.933.